The van der Waals surface area contributed by atoms with Crippen molar-refractivity contribution in [3.05, 3.63) is 52.3 Å². The van der Waals surface area contributed by atoms with Crippen LogP contribution in [0.25, 0.3) is 0 Å². The number of hydrogen-bond donors (Lipinski definition) is 2. The molecule has 0 atom stereocenters. The second-order valence-electron chi connectivity index (χ2n) is 6.01. The van der Waals surface area contributed by atoms with Crippen LogP contribution in [0.15, 0.2) is 41.1 Å². The summed E-state index contributed by atoms with van der Waals surface area (Å²) in [6.45, 7) is 2.05. The summed E-state index contributed by atoms with van der Waals surface area (Å²) >= 11 is 3.53. The fourth-order valence-corrected chi connectivity index (χ4v) is 3.19. The van der Waals surface area contributed by atoms with Crippen molar-refractivity contribution in [3.8, 4) is 0 Å². The molecular formula is C18H20BrN3O. The fourth-order valence-electron chi connectivity index (χ4n) is 2.81. The average molecular weight is 374 g/mol. The van der Waals surface area contributed by atoms with Crippen LogP contribution in [0, 0.1) is 6.92 Å². The Balaban J connectivity index is 1.71. The number of nitrogens with one attached hydrogen (secondary N) is 2. The lowest BCUT2D eigenvalue weighted by Gasteiger charge is -2.13. The molecule has 1 aliphatic carbocycles. The van der Waals surface area contributed by atoms with E-state index in [4.69, 9.17) is 0 Å². The Labute approximate surface area is 144 Å². The van der Waals surface area contributed by atoms with Gasteiger partial charge in [-0.2, -0.15) is 0 Å². The molecule has 5 heteroatoms. The van der Waals surface area contributed by atoms with E-state index in [2.05, 4.69) is 31.5 Å². The van der Waals surface area contributed by atoms with E-state index in [1.807, 2.05) is 31.2 Å². The zero-order chi connectivity index (χ0) is 16.2. The van der Waals surface area contributed by atoms with Crippen LogP contribution in [-0.4, -0.2) is 16.9 Å². The molecule has 1 aliphatic rings. The number of pyridine rings is 1. The van der Waals surface area contributed by atoms with E-state index in [9.17, 15) is 4.79 Å². The van der Waals surface area contributed by atoms with Gasteiger partial charge in [0, 0.05) is 22.4 Å². The molecule has 2 N–H and O–H groups in total. The van der Waals surface area contributed by atoms with Crippen molar-refractivity contribution in [3.63, 3.8) is 0 Å². The lowest BCUT2D eigenvalue weighted by molar-refractivity contribution is 0.0937. The van der Waals surface area contributed by atoms with Gasteiger partial charge < -0.3 is 10.6 Å². The van der Waals surface area contributed by atoms with Crippen molar-refractivity contribution < 1.29 is 4.79 Å². The second kappa shape index (κ2) is 7.13. The molecule has 1 aromatic heterocycles. The molecule has 0 unspecified atom stereocenters. The minimum absolute atomic E-state index is 0.0434. The lowest BCUT2D eigenvalue weighted by atomic mass is 10.2. The Morgan fingerprint density at radius 3 is 2.70 bits per heavy atom. The third-order valence-electron chi connectivity index (χ3n) is 4.15. The maximum Gasteiger partial charge on any atom is 0.253 e. The molecule has 0 saturated heterocycles. The normalized spacial score (nSPS) is 14.7. The van der Waals surface area contributed by atoms with Gasteiger partial charge in [-0.15, -0.1) is 0 Å². The monoisotopic (exact) mass is 373 g/mol. The standard InChI is InChI=1S/C18H20BrN3O/c1-12-6-7-15(9-17(12)19)21-16-8-13(10-20-11-16)18(23)22-14-4-2-3-5-14/h6-11,14,21H,2-5H2,1H3,(H,22,23). The maximum absolute atomic E-state index is 12.3. The minimum Gasteiger partial charge on any atom is -0.354 e. The molecule has 1 fully saturated rings. The van der Waals surface area contributed by atoms with Gasteiger partial charge in [0.2, 0.25) is 0 Å². The predicted molar refractivity (Wildman–Crippen MR) is 96.1 cm³/mol. The molecule has 2 aromatic rings. The Morgan fingerprint density at radius 1 is 1.17 bits per heavy atom. The average Bonchev–Trinajstić information content (AvgIpc) is 3.04. The Hall–Kier alpha value is -1.88. The lowest BCUT2D eigenvalue weighted by Crippen LogP contribution is -2.32. The zero-order valence-electron chi connectivity index (χ0n) is 13.1. The summed E-state index contributed by atoms with van der Waals surface area (Å²) < 4.78 is 1.05. The van der Waals surface area contributed by atoms with E-state index in [-0.39, 0.29) is 5.91 Å². The number of anilines is 2. The third kappa shape index (κ3) is 4.10. The first-order valence-corrected chi connectivity index (χ1v) is 8.70. The SMILES string of the molecule is Cc1ccc(Nc2cncc(C(=O)NC3CCCC3)c2)cc1Br. The molecule has 0 spiro atoms. The molecular weight excluding hydrogens is 354 g/mol. The summed E-state index contributed by atoms with van der Waals surface area (Å²) in [6.07, 6.45) is 7.89. The minimum atomic E-state index is -0.0434. The topological polar surface area (TPSA) is 54.0 Å². The van der Waals surface area contributed by atoms with Gasteiger partial charge in [-0.1, -0.05) is 34.8 Å². The Morgan fingerprint density at radius 2 is 1.96 bits per heavy atom. The number of halogens is 1. The molecule has 1 aromatic carbocycles. The molecule has 1 saturated carbocycles. The summed E-state index contributed by atoms with van der Waals surface area (Å²) in [6, 6.07) is 8.21. The van der Waals surface area contributed by atoms with Crippen molar-refractivity contribution in [1.82, 2.24) is 10.3 Å². The van der Waals surface area contributed by atoms with Crippen LogP contribution < -0.4 is 10.6 Å². The van der Waals surface area contributed by atoms with Crippen molar-refractivity contribution in [2.45, 2.75) is 38.6 Å². The maximum atomic E-state index is 12.3. The van der Waals surface area contributed by atoms with Crippen LogP contribution in [-0.2, 0) is 0 Å². The first-order chi connectivity index (χ1) is 11.1. The van der Waals surface area contributed by atoms with E-state index in [0.717, 1.165) is 28.7 Å². The summed E-state index contributed by atoms with van der Waals surface area (Å²) in [5.74, 6) is -0.0434. The molecule has 4 nitrogen and oxygen atoms in total. The van der Waals surface area contributed by atoms with Gasteiger partial charge >= 0.3 is 0 Å². The van der Waals surface area contributed by atoms with E-state index in [1.165, 1.54) is 18.4 Å². The van der Waals surface area contributed by atoms with Gasteiger partial charge in [-0.25, -0.2) is 0 Å². The Bertz CT molecular complexity index is 711. The first-order valence-electron chi connectivity index (χ1n) is 7.91. The van der Waals surface area contributed by atoms with Gasteiger partial charge in [0.1, 0.15) is 0 Å². The number of benzene rings is 1. The Kier molecular flexibility index (Phi) is 4.96. The molecule has 0 radical (unpaired) electrons. The highest BCUT2D eigenvalue weighted by Gasteiger charge is 2.18. The van der Waals surface area contributed by atoms with Gasteiger partial charge in [-0.05, 0) is 43.5 Å². The van der Waals surface area contributed by atoms with Gasteiger partial charge in [0.05, 0.1) is 17.4 Å². The van der Waals surface area contributed by atoms with Crippen LogP contribution in [0.3, 0.4) is 0 Å². The number of rotatable bonds is 4. The first kappa shape index (κ1) is 16.0. The number of aromatic nitrogens is 1. The second-order valence-corrected chi connectivity index (χ2v) is 6.86. The van der Waals surface area contributed by atoms with Crippen molar-refractivity contribution in [1.29, 1.82) is 0 Å². The van der Waals surface area contributed by atoms with E-state index < -0.39 is 0 Å². The summed E-state index contributed by atoms with van der Waals surface area (Å²) in [4.78, 5) is 16.5. The van der Waals surface area contributed by atoms with Crippen molar-refractivity contribution in [2.75, 3.05) is 5.32 Å². The number of carbonyl (C=O) groups is 1. The number of nitrogens with zero attached hydrogens (tertiary/aromatic N) is 1. The van der Waals surface area contributed by atoms with Gasteiger partial charge in [0.25, 0.3) is 5.91 Å². The molecule has 0 aliphatic heterocycles. The van der Waals surface area contributed by atoms with Crippen LogP contribution in [0.1, 0.15) is 41.6 Å². The van der Waals surface area contributed by atoms with Crippen LogP contribution in [0.2, 0.25) is 0 Å². The zero-order valence-corrected chi connectivity index (χ0v) is 14.7. The van der Waals surface area contributed by atoms with Gasteiger partial charge in [0.15, 0.2) is 0 Å². The molecule has 3 rings (SSSR count). The quantitative estimate of drug-likeness (QED) is 0.825. The predicted octanol–water partition coefficient (Wildman–Crippen LogP) is 4.57. The van der Waals surface area contributed by atoms with Crippen molar-refractivity contribution >= 4 is 33.2 Å². The van der Waals surface area contributed by atoms with Crippen LogP contribution in [0.4, 0.5) is 11.4 Å². The number of hydrogen-bond acceptors (Lipinski definition) is 3. The fraction of sp³-hybridized carbons (Fsp3) is 0.333. The summed E-state index contributed by atoms with van der Waals surface area (Å²) in [7, 11) is 0. The molecule has 1 heterocycles. The summed E-state index contributed by atoms with van der Waals surface area (Å²) in [5, 5.41) is 6.38. The summed E-state index contributed by atoms with van der Waals surface area (Å²) in [5.41, 5.74) is 3.53. The van der Waals surface area contributed by atoms with Crippen molar-refractivity contribution in [2.24, 2.45) is 0 Å². The largest absolute Gasteiger partial charge is 0.354 e. The van der Waals surface area contributed by atoms with Crippen LogP contribution >= 0.6 is 15.9 Å². The van der Waals surface area contributed by atoms with Crippen LogP contribution in [0.5, 0.6) is 0 Å². The number of aryl methyl sites for hydroxylation is 1. The highest BCUT2D eigenvalue weighted by molar-refractivity contribution is 9.10. The molecule has 1 amide bonds. The number of carbonyl (C=O) groups excluding carboxylic acids is 1. The smallest absolute Gasteiger partial charge is 0.253 e. The van der Waals surface area contributed by atoms with Gasteiger partial charge in [-0.3, -0.25) is 9.78 Å². The third-order valence-corrected chi connectivity index (χ3v) is 5.01. The van der Waals surface area contributed by atoms with E-state index in [1.54, 1.807) is 12.4 Å². The van der Waals surface area contributed by atoms with E-state index in [0.29, 0.717) is 11.6 Å². The highest BCUT2D eigenvalue weighted by Crippen LogP contribution is 2.24. The highest BCUT2D eigenvalue weighted by atomic mass is 79.9. The molecule has 0 bridgehead atoms. The molecule has 23 heavy (non-hydrogen) atoms. The molecule has 120 valence electrons. The van der Waals surface area contributed by atoms with E-state index >= 15 is 0 Å². The number of amides is 1.